The second kappa shape index (κ2) is 8.65. The highest BCUT2D eigenvalue weighted by molar-refractivity contribution is 7.84. The first kappa shape index (κ1) is 20.2. The molecule has 0 fully saturated rings. The zero-order valence-corrected chi connectivity index (χ0v) is 17.9. The van der Waals surface area contributed by atoms with Crippen LogP contribution in [0.1, 0.15) is 19.4 Å². The van der Waals surface area contributed by atoms with Crippen molar-refractivity contribution in [1.29, 1.82) is 0 Å². The van der Waals surface area contributed by atoms with Crippen molar-refractivity contribution in [3.05, 3.63) is 42.0 Å². The lowest BCUT2D eigenvalue weighted by Gasteiger charge is -2.24. The van der Waals surface area contributed by atoms with E-state index in [1.54, 1.807) is 14.2 Å². The summed E-state index contributed by atoms with van der Waals surface area (Å²) in [4.78, 5) is 6.90. The molecule has 7 heteroatoms. The number of fused-ring (bicyclic) bond motifs is 1. The molecule has 0 saturated carbocycles. The van der Waals surface area contributed by atoms with E-state index >= 15 is 0 Å². The van der Waals surface area contributed by atoms with Crippen LogP contribution in [0.25, 0.3) is 11.0 Å². The Morgan fingerprint density at radius 2 is 1.71 bits per heavy atom. The SMILES string of the molecule is CCN(CC)c1ccccc1CS(=O)c1nc2cc(OC)c(OC)cc2n1C. The van der Waals surface area contributed by atoms with Crippen LogP contribution < -0.4 is 14.4 Å². The number of hydrogen-bond acceptors (Lipinski definition) is 5. The summed E-state index contributed by atoms with van der Waals surface area (Å²) in [6.07, 6.45) is 0. The Morgan fingerprint density at radius 1 is 1.07 bits per heavy atom. The van der Waals surface area contributed by atoms with Crippen molar-refractivity contribution in [3.8, 4) is 11.5 Å². The number of imidazole rings is 1. The van der Waals surface area contributed by atoms with E-state index in [1.165, 1.54) is 0 Å². The van der Waals surface area contributed by atoms with Gasteiger partial charge in [0.1, 0.15) is 0 Å². The molecule has 0 aliphatic heterocycles. The van der Waals surface area contributed by atoms with E-state index in [0.717, 1.165) is 35.4 Å². The van der Waals surface area contributed by atoms with Crippen LogP contribution in [0.5, 0.6) is 11.5 Å². The third kappa shape index (κ3) is 3.71. The average molecular weight is 402 g/mol. The molecule has 6 nitrogen and oxygen atoms in total. The molecule has 0 amide bonds. The van der Waals surface area contributed by atoms with Gasteiger partial charge in [-0.2, -0.15) is 0 Å². The molecule has 2 aromatic carbocycles. The van der Waals surface area contributed by atoms with Crippen molar-refractivity contribution in [2.24, 2.45) is 7.05 Å². The van der Waals surface area contributed by atoms with Crippen molar-refractivity contribution < 1.29 is 13.7 Å². The zero-order chi connectivity index (χ0) is 20.3. The molecule has 0 radical (unpaired) electrons. The Bertz CT molecular complexity index is 996. The summed E-state index contributed by atoms with van der Waals surface area (Å²) in [6.45, 7) is 6.07. The standard InChI is InChI=1S/C21H27N3O3S/c1-6-24(7-2)17-11-9-8-10-15(17)14-28(25)21-22-16-12-19(26-4)20(27-5)13-18(16)23(21)3/h8-13H,6-7,14H2,1-5H3. The minimum Gasteiger partial charge on any atom is -0.493 e. The van der Waals surface area contributed by atoms with Gasteiger partial charge in [0.15, 0.2) is 16.7 Å². The predicted molar refractivity (Wildman–Crippen MR) is 114 cm³/mol. The van der Waals surface area contributed by atoms with Gasteiger partial charge >= 0.3 is 0 Å². The molecular formula is C21H27N3O3S. The number of rotatable bonds is 8. The van der Waals surface area contributed by atoms with Gasteiger partial charge in [-0.3, -0.25) is 4.21 Å². The van der Waals surface area contributed by atoms with Gasteiger partial charge in [0.05, 0.1) is 41.8 Å². The molecular weight excluding hydrogens is 374 g/mol. The Kier molecular flexibility index (Phi) is 6.24. The lowest BCUT2D eigenvalue weighted by Crippen LogP contribution is -2.23. The normalized spacial score (nSPS) is 12.2. The number of benzene rings is 2. The number of anilines is 1. The maximum Gasteiger partial charge on any atom is 0.200 e. The number of methoxy groups -OCH3 is 2. The van der Waals surface area contributed by atoms with Crippen LogP contribution in [0.15, 0.2) is 41.6 Å². The molecule has 0 saturated heterocycles. The number of ether oxygens (including phenoxy) is 2. The lowest BCUT2D eigenvalue weighted by atomic mass is 10.2. The average Bonchev–Trinajstić information content (AvgIpc) is 3.04. The first-order valence-electron chi connectivity index (χ1n) is 9.33. The molecule has 1 atom stereocenters. The maximum absolute atomic E-state index is 13.2. The molecule has 3 rings (SSSR count). The monoisotopic (exact) mass is 401 g/mol. The van der Waals surface area contributed by atoms with Gasteiger partial charge in [0.2, 0.25) is 0 Å². The number of hydrogen-bond donors (Lipinski definition) is 0. The first-order chi connectivity index (χ1) is 13.5. The molecule has 0 aliphatic carbocycles. The predicted octanol–water partition coefficient (Wildman–Crippen LogP) is 3.74. The number of aryl methyl sites for hydroxylation is 1. The van der Waals surface area contributed by atoms with Crippen LogP contribution in [0.4, 0.5) is 5.69 Å². The number of aromatic nitrogens is 2. The highest BCUT2D eigenvalue weighted by atomic mass is 32.2. The fourth-order valence-electron chi connectivity index (χ4n) is 3.41. The van der Waals surface area contributed by atoms with Crippen molar-refractivity contribution in [3.63, 3.8) is 0 Å². The Labute approximate surface area is 168 Å². The third-order valence-electron chi connectivity index (χ3n) is 4.93. The van der Waals surface area contributed by atoms with Gasteiger partial charge in [-0.15, -0.1) is 0 Å². The maximum atomic E-state index is 13.2. The molecule has 0 aliphatic rings. The minimum atomic E-state index is -1.28. The third-order valence-corrected chi connectivity index (χ3v) is 6.28. The van der Waals surface area contributed by atoms with Gasteiger partial charge < -0.3 is 18.9 Å². The van der Waals surface area contributed by atoms with Crippen molar-refractivity contribution in [1.82, 2.24) is 9.55 Å². The Balaban J connectivity index is 1.98. The van der Waals surface area contributed by atoms with Crippen molar-refractivity contribution >= 4 is 27.5 Å². The summed E-state index contributed by atoms with van der Waals surface area (Å²) >= 11 is 0. The molecule has 0 bridgehead atoms. The molecule has 0 N–H and O–H groups in total. The number of nitrogens with zero attached hydrogens (tertiary/aromatic N) is 3. The van der Waals surface area contributed by atoms with E-state index in [9.17, 15) is 4.21 Å². The van der Waals surface area contributed by atoms with E-state index in [1.807, 2.05) is 41.9 Å². The van der Waals surface area contributed by atoms with Gasteiger partial charge in [-0.05, 0) is 25.5 Å². The second-order valence-electron chi connectivity index (χ2n) is 6.44. The summed E-state index contributed by atoms with van der Waals surface area (Å²) in [5.74, 6) is 1.65. The van der Waals surface area contributed by atoms with E-state index < -0.39 is 10.8 Å². The molecule has 150 valence electrons. The largest absolute Gasteiger partial charge is 0.493 e. The van der Waals surface area contributed by atoms with Gasteiger partial charge in [-0.25, -0.2) is 4.98 Å². The Hall–Kier alpha value is -2.54. The zero-order valence-electron chi connectivity index (χ0n) is 17.1. The quantitative estimate of drug-likeness (QED) is 0.575. The van der Waals surface area contributed by atoms with Crippen LogP contribution in [-0.4, -0.2) is 41.1 Å². The van der Waals surface area contributed by atoms with Crippen molar-refractivity contribution in [2.75, 3.05) is 32.2 Å². The fraction of sp³-hybridized carbons (Fsp3) is 0.381. The summed E-state index contributed by atoms with van der Waals surface area (Å²) in [6, 6.07) is 11.8. The van der Waals surface area contributed by atoms with Crippen LogP contribution in [0, 0.1) is 0 Å². The Morgan fingerprint density at radius 3 is 2.36 bits per heavy atom. The number of para-hydroxylation sites is 1. The summed E-state index contributed by atoms with van der Waals surface area (Å²) in [5, 5.41) is 0.541. The summed E-state index contributed by atoms with van der Waals surface area (Å²) in [5.41, 5.74) is 3.79. The molecule has 28 heavy (non-hydrogen) atoms. The van der Waals surface area contributed by atoms with Crippen LogP contribution >= 0.6 is 0 Å². The van der Waals surface area contributed by atoms with E-state index in [0.29, 0.717) is 22.4 Å². The van der Waals surface area contributed by atoms with Crippen LogP contribution in [0.3, 0.4) is 0 Å². The highest BCUT2D eigenvalue weighted by Crippen LogP contribution is 2.33. The molecule has 3 aromatic rings. The molecule has 1 heterocycles. The molecule has 1 unspecified atom stereocenters. The summed E-state index contributed by atoms with van der Waals surface area (Å²) < 4.78 is 25.8. The van der Waals surface area contributed by atoms with E-state index in [-0.39, 0.29) is 0 Å². The fourth-order valence-corrected chi connectivity index (χ4v) is 4.67. The van der Waals surface area contributed by atoms with Gasteiger partial charge in [0.25, 0.3) is 0 Å². The van der Waals surface area contributed by atoms with Crippen LogP contribution in [0.2, 0.25) is 0 Å². The second-order valence-corrected chi connectivity index (χ2v) is 7.79. The van der Waals surface area contributed by atoms with E-state index in [2.05, 4.69) is 29.8 Å². The van der Waals surface area contributed by atoms with Gasteiger partial charge in [0, 0.05) is 38.0 Å². The lowest BCUT2D eigenvalue weighted by molar-refractivity contribution is 0.355. The first-order valence-corrected chi connectivity index (χ1v) is 10.7. The topological polar surface area (TPSA) is 56.6 Å². The van der Waals surface area contributed by atoms with Gasteiger partial charge in [-0.1, -0.05) is 18.2 Å². The van der Waals surface area contributed by atoms with E-state index in [4.69, 9.17) is 9.47 Å². The molecule has 1 aromatic heterocycles. The minimum absolute atomic E-state index is 0.415. The van der Waals surface area contributed by atoms with Crippen molar-refractivity contribution in [2.45, 2.75) is 24.8 Å². The smallest absolute Gasteiger partial charge is 0.200 e. The molecule has 0 spiro atoms. The van der Waals surface area contributed by atoms with Crippen LogP contribution in [-0.2, 0) is 23.6 Å². The summed E-state index contributed by atoms with van der Waals surface area (Å²) in [7, 11) is 3.79. The highest BCUT2D eigenvalue weighted by Gasteiger charge is 2.19.